The lowest BCUT2D eigenvalue weighted by Gasteiger charge is -2.36. The van der Waals surface area contributed by atoms with Crippen LogP contribution in [0.15, 0.2) is 53.7 Å². The van der Waals surface area contributed by atoms with E-state index in [2.05, 4.69) is 51.2 Å². The van der Waals surface area contributed by atoms with Gasteiger partial charge in [0.1, 0.15) is 17.1 Å². The number of hydrogen-bond acceptors (Lipinski definition) is 8. The third-order valence-corrected chi connectivity index (χ3v) is 6.85. The van der Waals surface area contributed by atoms with Crippen molar-refractivity contribution >= 4 is 52.3 Å². The molecule has 4 heterocycles. The molecule has 3 aliphatic heterocycles. The average molecular weight is 522 g/mol. The van der Waals surface area contributed by atoms with Crippen LogP contribution in [0.4, 0.5) is 33.2 Å². The van der Waals surface area contributed by atoms with Gasteiger partial charge in [0.25, 0.3) is 5.91 Å². The molecule has 9 nitrogen and oxygen atoms in total. The number of aromatic nitrogens is 2. The van der Waals surface area contributed by atoms with Crippen LogP contribution in [0.25, 0.3) is 0 Å². The molecule has 2 atom stereocenters. The monoisotopic (exact) mass is 521 g/mol. The lowest BCUT2D eigenvalue weighted by molar-refractivity contribution is -0.00521. The number of amides is 1. The highest BCUT2D eigenvalue weighted by Crippen LogP contribution is 2.37. The molecule has 1 saturated heterocycles. The fourth-order valence-corrected chi connectivity index (χ4v) is 5.25. The Balaban J connectivity index is 1.26. The standard InChI is InChI=1S/C26H25ClFN7O2/c1-15-13-33(14-16(2)37-15)18-8-6-17(7-9-18)31-25-30-12-19-23(32-25)34-11-10-29-26(34)35(24(19)36)22-20(27)4-3-5-21(22)28/h3-9,12,15-16H,10-11,13-14H2,1-2H3,(H,30,31,32)/t15-,16+. The minimum atomic E-state index is -0.609. The largest absolute Gasteiger partial charge is 0.372 e. The molecule has 2 aromatic carbocycles. The number of hydrogen-bond donors (Lipinski definition) is 1. The molecule has 0 unspecified atom stereocenters. The maximum atomic E-state index is 14.7. The van der Waals surface area contributed by atoms with Gasteiger partial charge in [-0.1, -0.05) is 17.7 Å². The number of aliphatic imine (C=N–C) groups is 1. The Bertz CT molecular complexity index is 1370. The number of guanidine groups is 1. The number of benzene rings is 2. The summed E-state index contributed by atoms with van der Waals surface area (Å²) in [7, 11) is 0. The Hall–Kier alpha value is -3.76. The lowest BCUT2D eigenvalue weighted by Crippen LogP contribution is -2.51. The van der Waals surface area contributed by atoms with Crippen LogP contribution in [0.2, 0.25) is 5.02 Å². The first-order valence-electron chi connectivity index (χ1n) is 12.1. The van der Waals surface area contributed by atoms with Gasteiger partial charge in [-0.3, -0.25) is 14.7 Å². The highest BCUT2D eigenvalue weighted by Gasteiger charge is 2.41. The van der Waals surface area contributed by atoms with E-state index in [-0.39, 0.29) is 28.5 Å². The fraction of sp³-hybridized carbons (Fsp3) is 0.308. The van der Waals surface area contributed by atoms with Gasteiger partial charge in [-0.2, -0.15) is 4.98 Å². The summed E-state index contributed by atoms with van der Waals surface area (Å²) in [5.41, 5.74) is 2.15. The molecule has 0 aliphatic carbocycles. The summed E-state index contributed by atoms with van der Waals surface area (Å²) in [5, 5.41) is 3.34. The molecule has 3 aliphatic rings. The third-order valence-electron chi connectivity index (χ3n) is 6.55. The van der Waals surface area contributed by atoms with E-state index in [1.54, 1.807) is 4.90 Å². The van der Waals surface area contributed by atoms with Crippen molar-refractivity contribution in [1.82, 2.24) is 9.97 Å². The van der Waals surface area contributed by atoms with E-state index in [0.717, 1.165) is 24.5 Å². The second-order valence-corrected chi connectivity index (χ2v) is 9.72. The third kappa shape index (κ3) is 4.25. The minimum Gasteiger partial charge on any atom is -0.372 e. The SMILES string of the molecule is C[C@@H]1CN(c2ccc(Nc3ncc4c(n3)N3CCN=C3N(c3c(F)cccc3Cl)C4=O)cc2)C[C@H](C)O1. The quantitative estimate of drug-likeness (QED) is 0.542. The van der Waals surface area contributed by atoms with Gasteiger partial charge in [-0.05, 0) is 50.2 Å². The number of rotatable bonds is 4. The lowest BCUT2D eigenvalue weighted by atomic mass is 10.1. The number of morpholine rings is 1. The maximum absolute atomic E-state index is 14.7. The van der Waals surface area contributed by atoms with Crippen molar-refractivity contribution in [3.05, 3.63) is 65.1 Å². The van der Waals surface area contributed by atoms with E-state index in [1.165, 1.54) is 29.3 Å². The molecular weight excluding hydrogens is 497 g/mol. The van der Waals surface area contributed by atoms with Crippen LogP contribution in [0, 0.1) is 5.82 Å². The van der Waals surface area contributed by atoms with Crippen molar-refractivity contribution in [1.29, 1.82) is 0 Å². The van der Waals surface area contributed by atoms with E-state index in [4.69, 9.17) is 16.3 Å². The van der Waals surface area contributed by atoms with Crippen molar-refractivity contribution in [2.45, 2.75) is 26.1 Å². The molecule has 37 heavy (non-hydrogen) atoms. The number of nitrogens with one attached hydrogen (secondary N) is 1. The van der Waals surface area contributed by atoms with Gasteiger partial charge < -0.3 is 15.0 Å². The smallest absolute Gasteiger partial charge is 0.270 e. The number of carbonyl (C=O) groups is 1. The minimum absolute atomic E-state index is 0.0307. The molecule has 1 fully saturated rings. The molecule has 3 aromatic rings. The van der Waals surface area contributed by atoms with Crippen molar-refractivity contribution in [3.8, 4) is 0 Å². The van der Waals surface area contributed by atoms with E-state index >= 15 is 0 Å². The van der Waals surface area contributed by atoms with Gasteiger partial charge in [0, 0.05) is 37.2 Å². The molecule has 0 saturated carbocycles. The Kier molecular flexibility index (Phi) is 5.92. The van der Waals surface area contributed by atoms with E-state index < -0.39 is 11.7 Å². The number of nitrogens with zero attached hydrogens (tertiary/aromatic N) is 6. The maximum Gasteiger partial charge on any atom is 0.270 e. The fourth-order valence-electron chi connectivity index (χ4n) is 5.01. The Morgan fingerprint density at radius 3 is 2.59 bits per heavy atom. The number of carbonyl (C=O) groups excluding carboxylic acids is 1. The van der Waals surface area contributed by atoms with Crippen LogP contribution in [-0.2, 0) is 4.74 Å². The first kappa shape index (κ1) is 23.6. The summed E-state index contributed by atoms with van der Waals surface area (Å²) >= 11 is 6.28. The van der Waals surface area contributed by atoms with Gasteiger partial charge in [0.05, 0.1) is 23.8 Å². The normalized spacial score (nSPS) is 21.0. The molecule has 6 rings (SSSR count). The first-order chi connectivity index (χ1) is 17.9. The van der Waals surface area contributed by atoms with Gasteiger partial charge in [0.15, 0.2) is 5.82 Å². The second-order valence-electron chi connectivity index (χ2n) is 9.31. The zero-order valence-corrected chi connectivity index (χ0v) is 21.1. The molecule has 190 valence electrons. The molecule has 11 heteroatoms. The molecule has 0 radical (unpaired) electrons. The predicted molar refractivity (Wildman–Crippen MR) is 142 cm³/mol. The van der Waals surface area contributed by atoms with E-state index in [9.17, 15) is 9.18 Å². The van der Waals surface area contributed by atoms with Gasteiger partial charge in [-0.25, -0.2) is 14.3 Å². The molecular formula is C26H25ClFN7O2. The van der Waals surface area contributed by atoms with Crippen molar-refractivity contribution < 1.29 is 13.9 Å². The number of halogens is 2. The topological polar surface area (TPSA) is 86.2 Å². The van der Waals surface area contributed by atoms with Crippen LogP contribution in [-0.4, -0.2) is 60.2 Å². The summed E-state index contributed by atoms with van der Waals surface area (Å²) < 4.78 is 20.6. The van der Waals surface area contributed by atoms with Crippen LogP contribution < -0.4 is 20.0 Å². The first-order valence-corrected chi connectivity index (χ1v) is 12.5. The Morgan fingerprint density at radius 2 is 1.86 bits per heavy atom. The van der Waals surface area contributed by atoms with Gasteiger partial charge >= 0.3 is 0 Å². The van der Waals surface area contributed by atoms with E-state index in [0.29, 0.717) is 30.8 Å². The zero-order chi connectivity index (χ0) is 25.7. The van der Waals surface area contributed by atoms with Gasteiger partial charge in [-0.15, -0.1) is 0 Å². The second kappa shape index (κ2) is 9.28. The summed E-state index contributed by atoms with van der Waals surface area (Å²) in [6.07, 6.45) is 1.81. The summed E-state index contributed by atoms with van der Waals surface area (Å²) in [5.74, 6) is -0.0225. The number of anilines is 5. The molecule has 1 aromatic heterocycles. The average Bonchev–Trinajstić information content (AvgIpc) is 3.35. The van der Waals surface area contributed by atoms with E-state index in [1.807, 2.05) is 12.1 Å². The molecule has 0 spiro atoms. The highest BCUT2D eigenvalue weighted by molar-refractivity contribution is 6.38. The molecule has 1 amide bonds. The highest BCUT2D eigenvalue weighted by atomic mass is 35.5. The van der Waals surface area contributed by atoms with Crippen LogP contribution in [0.3, 0.4) is 0 Å². The van der Waals surface area contributed by atoms with Crippen molar-refractivity contribution in [2.75, 3.05) is 46.2 Å². The molecule has 1 N–H and O–H groups in total. The summed E-state index contributed by atoms with van der Waals surface area (Å²) in [6, 6.07) is 12.3. The van der Waals surface area contributed by atoms with Crippen LogP contribution in [0.5, 0.6) is 0 Å². The van der Waals surface area contributed by atoms with Crippen LogP contribution >= 0.6 is 11.6 Å². The van der Waals surface area contributed by atoms with Crippen LogP contribution in [0.1, 0.15) is 24.2 Å². The Labute approximate surface area is 218 Å². The predicted octanol–water partition coefficient (Wildman–Crippen LogP) is 4.46. The van der Waals surface area contributed by atoms with Gasteiger partial charge in [0.2, 0.25) is 11.9 Å². The van der Waals surface area contributed by atoms with Crippen molar-refractivity contribution in [3.63, 3.8) is 0 Å². The number of fused-ring (bicyclic) bond motifs is 3. The van der Waals surface area contributed by atoms with Crippen molar-refractivity contribution in [2.24, 2.45) is 4.99 Å². The summed E-state index contributed by atoms with van der Waals surface area (Å²) in [6.45, 7) is 6.79. The number of para-hydroxylation sites is 1. The Morgan fingerprint density at radius 1 is 1.11 bits per heavy atom. The number of ether oxygens (including phenoxy) is 1. The summed E-state index contributed by atoms with van der Waals surface area (Å²) in [4.78, 5) is 32.2. The molecule has 0 bridgehead atoms. The zero-order valence-electron chi connectivity index (χ0n) is 20.4.